The lowest BCUT2D eigenvalue weighted by Gasteiger charge is -2.17. The molecule has 0 bridgehead atoms. The number of carbonyl (C=O) groups excluding carboxylic acids is 1. The summed E-state index contributed by atoms with van der Waals surface area (Å²) in [6.07, 6.45) is 1.80. The predicted octanol–water partition coefficient (Wildman–Crippen LogP) is 2.13. The molecule has 0 saturated carbocycles. The standard InChI is InChI=1S/C16H24N2O4S/c1-16(2,3)15(19)18-12-6-8-14(9-7-12)23(20,21)17-11-13-5-4-10-22-13/h6-9,13,17H,4-5,10-11H2,1-3H3,(H,18,19)/t13-/m0/s1. The summed E-state index contributed by atoms with van der Waals surface area (Å²) in [7, 11) is -3.56. The molecule has 1 atom stereocenters. The van der Waals surface area contributed by atoms with Gasteiger partial charge in [0.1, 0.15) is 0 Å². The van der Waals surface area contributed by atoms with Crippen LogP contribution in [0.1, 0.15) is 33.6 Å². The minimum atomic E-state index is -3.56. The third kappa shape index (κ3) is 5.02. The maximum Gasteiger partial charge on any atom is 0.240 e. The zero-order chi connectivity index (χ0) is 17.1. The average molecular weight is 340 g/mol. The Kier molecular flexibility index (Phi) is 5.44. The largest absolute Gasteiger partial charge is 0.377 e. The molecule has 23 heavy (non-hydrogen) atoms. The Hall–Kier alpha value is -1.44. The molecule has 1 aromatic carbocycles. The summed E-state index contributed by atoms with van der Waals surface area (Å²) >= 11 is 0. The molecule has 0 aromatic heterocycles. The monoisotopic (exact) mass is 340 g/mol. The van der Waals surface area contributed by atoms with Gasteiger partial charge >= 0.3 is 0 Å². The van der Waals surface area contributed by atoms with Crippen molar-refractivity contribution in [1.29, 1.82) is 0 Å². The van der Waals surface area contributed by atoms with Gasteiger partial charge in [-0.25, -0.2) is 13.1 Å². The number of amides is 1. The molecule has 0 spiro atoms. The summed E-state index contributed by atoms with van der Waals surface area (Å²) in [4.78, 5) is 12.1. The van der Waals surface area contributed by atoms with Crippen molar-refractivity contribution in [2.24, 2.45) is 5.41 Å². The SMILES string of the molecule is CC(C)(C)C(=O)Nc1ccc(S(=O)(=O)NC[C@@H]2CCCO2)cc1. The first-order valence-corrected chi connectivity index (χ1v) is 9.19. The van der Waals surface area contributed by atoms with E-state index in [2.05, 4.69) is 10.0 Å². The van der Waals surface area contributed by atoms with Gasteiger partial charge in [-0.05, 0) is 37.1 Å². The molecule has 1 saturated heterocycles. The molecule has 0 unspecified atom stereocenters. The second kappa shape index (κ2) is 6.98. The van der Waals surface area contributed by atoms with Gasteiger partial charge in [0.15, 0.2) is 0 Å². The van der Waals surface area contributed by atoms with Crippen molar-refractivity contribution in [3.05, 3.63) is 24.3 Å². The number of hydrogen-bond acceptors (Lipinski definition) is 4. The Morgan fingerprint density at radius 2 is 1.91 bits per heavy atom. The van der Waals surface area contributed by atoms with Crippen LogP contribution >= 0.6 is 0 Å². The van der Waals surface area contributed by atoms with E-state index in [-0.39, 0.29) is 23.5 Å². The number of hydrogen-bond donors (Lipinski definition) is 2. The van der Waals surface area contributed by atoms with Gasteiger partial charge in [-0.2, -0.15) is 0 Å². The minimum Gasteiger partial charge on any atom is -0.377 e. The first-order valence-electron chi connectivity index (χ1n) is 7.71. The van der Waals surface area contributed by atoms with E-state index in [0.29, 0.717) is 12.3 Å². The molecule has 2 rings (SSSR count). The molecule has 1 fully saturated rings. The van der Waals surface area contributed by atoms with Crippen LogP contribution in [0.4, 0.5) is 5.69 Å². The lowest BCUT2D eigenvalue weighted by atomic mass is 9.95. The summed E-state index contributed by atoms with van der Waals surface area (Å²) in [6, 6.07) is 6.14. The zero-order valence-corrected chi connectivity index (χ0v) is 14.6. The summed E-state index contributed by atoms with van der Waals surface area (Å²) in [6.45, 7) is 6.42. The average Bonchev–Trinajstić information content (AvgIpc) is 2.98. The van der Waals surface area contributed by atoms with E-state index in [1.165, 1.54) is 12.1 Å². The topological polar surface area (TPSA) is 84.5 Å². The van der Waals surface area contributed by atoms with Crippen molar-refractivity contribution >= 4 is 21.6 Å². The second-order valence-corrected chi connectivity index (χ2v) is 8.48. The van der Waals surface area contributed by atoms with Crippen LogP contribution in [0, 0.1) is 5.41 Å². The molecular formula is C16H24N2O4S. The van der Waals surface area contributed by atoms with Crippen LogP contribution in [0.2, 0.25) is 0 Å². The number of carbonyl (C=O) groups is 1. The normalized spacial score (nSPS) is 18.8. The Labute approximate surface area is 137 Å². The molecule has 1 aliphatic rings. The number of benzene rings is 1. The predicted molar refractivity (Wildman–Crippen MR) is 88.7 cm³/mol. The van der Waals surface area contributed by atoms with Gasteiger partial charge < -0.3 is 10.1 Å². The molecule has 7 heteroatoms. The van der Waals surface area contributed by atoms with Crippen LogP contribution in [0.25, 0.3) is 0 Å². The van der Waals surface area contributed by atoms with E-state index in [1.807, 2.05) is 20.8 Å². The number of rotatable bonds is 5. The third-order valence-electron chi connectivity index (χ3n) is 3.63. The molecular weight excluding hydrogens is 316 g/mol. The maximum atomic E-state index is 12.2. The van der Waals surface area contributed by atoms with Gasteiger partial charge in [0, 0.05) is 24.3 Å². The lowest BCUT2D eigenvalue weighted by Crippen LogP contribution is -2.31. The van der Waals surface area contributed by atoms with Gasteiger partial charge in [0.2, 0.25) is 15.9 Å². The van der Waals surface area contributed by atoms with Crippen molar-refractivity contribution in [2.45, 2.75) is 44.6 Å². The van der Waals surface area contributed by atoms with E-state index in [4.69, 9.17) is 4.74 Å². The zero-order valence-electron chi connectivity index (χ0n) is 13.8. The van der Waals surface area contributed by atoms with Crippen LogP contribution in [0.5, 0.6) is 0 Å². The number of nitrogens with one attached hydrogen (secondary N) is 2. The molecule has 128 valence electrons. The van der Waals surface area contributed by atoms with E-state index >= 15 is 0 Å². The van der Waals surface area contributed by atoms with E-state index < -0.39 is 15.4 Å². The Morgan fingerprint density at radius 3 is 2.43 bits per heavy atom. The van der Waals surface area contributed by atoms with Crippen LogP contribution in [0.15, 0.2) is 29.2 Å². The highest BCUT2D eigenvalue weighted by Gasteiger charge is 2.22. The fraction of sp³-hybridized carbons (Fsp3) is 0.562. The van der Waals surface area contributed by atoms with Gasteiger partial charge in [0.05, 0.1) is 11.0 Å². The van der Waals surface area contributed by atoms with E-state index in [0.717, 1.165) is 12.8 Å². The highest BCUT2D eigenvalue weighted by molar-refractivity contribution is 7.89. The van der Waals surface area contributed by atoms with Crippen molar-refractivity contribution in [3.63, 3.8) is 0 Å². The minimum absolute atomic E-state index is 0.0462. The van der Waals surface area contributed by atoms with Crippen molar-refractivity contribution in [2.75, 3.05) is 18.5 Å². The molecule has 1 aromatic rings. The van der Waals surface area contributed by atoms with E-state index in [9.17, 15) is 13.2 Å². The smallest absolute Gasteiger partial charge is 0.240 e. The molecule has 2 N–H and O–H groups in total. The van der Waals surface area contributed by atoms with E-state index in [1.54, 1.807) is 12.1 Å². The molecule has 1 aliphatic heterocycles. The molecule has 1 amide bonds. The van der Waals surface area contributed by atoms with Crippen molar-refractivity contribution in [1.82, 2.24) is 4.72 Å². The summed E-state index contributed by atoms with van der Waals surface area (Å²) in [5.74, 6) is -0.121. The molecule has 6 nitrogen and oxygen atoms in total. The summed E-state index contributed by atoms with van der Waals surface area (Å²) < 4.78 is 32.4. The number of ether oxygens (including phenoxy) is 1. The quantitative estimate of drug-likeness (QED) is 0.860. The maximum absolute atomic E-state index is 12.2. The van der Waals surface area contributed by atoms with Crippen LogP contribution < -0.4 is 10.0 Å². The second-order valence-electron chi connectivity index (χ2n) is 6.72. The lowest BCUT2D eigenvalue weighted by molar-refractivity contribution is -0.123. The van der Waals surface area contributed by atoms with Gasteiger partial charge in [0.25, 0.3) is 0 Å². The first-order chi connectivity index (χ1) is 10.7. The molecule has 0 aliphatic carbocycles. The van der Waals surface area contributed by atoms with Gasteiger partial charge in [-0.1, -0.05) is 20.8 Å². The van der Waals surface area contributed by atoms with Gasteiger partial charge in [-0.3, -0.25) is 4.79 Å². The number of sulfonamides is 1. The highest BCUT2D eigenvalue weighted by atomic mass is 32.2. The summed E-state index contributed by atoms with van der Waals surface area (Å²) in [5, 5.41) is 2.76. The third-order valence-corrected chi connectivity index (χ3v) is 5.07. The van der Waals surface area contributed by atoms with Crippen molar-refractivity contribution in [3.8, 4) is 0 Å². The Bertz CT molecular complexity index is 642. The molecule has 0 radical (unpaired) electrons. The fourth-order valence-electron chi connectivity index (χ4n) is 2.13. The van der Waals surface area contributed by atoms with Crippen LogP contribution in [-0.4, -0.2) is 33.6 Å². The van der Waals surface area contributed by atoms with Crippen LogP contribution in [0.3, 0.4) is 0 Å². The Balaban J connectivity index is 1.98. The van der Waals surface area contributed by atoms with Crippen LogP contribution in [-0.2, 0) is 19.6 Å². The molecule has 1 heterocycles. The fourth-order valence-corrected chi connectivity index (χ4v) is 3.19. The first kappa shape index (κ1) is 17.9. The van der Waals surface area contributed by atoms with Crippen molar-refractivity contribution < 1.29 is 17.9 Å². The van der Waals surface area contributed by atoms with Gasteiger partial charge in [-0.15, -0.1) is 0 Å². The number of anilines is 1. The Morgan fingerprint density at radius 1 is 1.26 bits per heavy atom. The highest BCUT2D eigenvalue weighted by Crippen LogP contribution is 2.19. The summed E-state index contributed by atoms with van der Waals surface area (Å²) in [5.41, 5.74) is 0.0659.